The summed E-state index contributed by atoms with van der Waals surface area (Å²) in [6.45, 7) is 15.2. The smallest absolute Gasteiger partial charge is 0.409 e. The van der Waals surface area contributed by atoms with E-state index in [9.17, 15) is 68.4 Å². The third kappa shape index (κ3) is 30.5. The van der Waals surface area contributed by atoms with E-state index in [0.29, 0.717) is 66.0 Å². The minimum absolute atomic E-state index is 0.00972. The number of phenolic OH excluding ortho intramolecular Hbond substituents is 1. The number of ketones is 2. The standard InChI is InChI=1S/C96H130ClN11O22S4/c1-14-24-79(114)99-68(45-59-26-16-15-17-27-59)88(119)102-70-52-132-133-53-71(103-91(122)84(58(6)110)105-87(118)67(30-20-21-41-98)100-89(120)69(48-63-36-35-62-28-18-19-29-66(62)63)101-86(117)64(49-74(70)113)44-60-33-37-65(111)38-34-60)90(121)104-83(57(5)109)73(112)31-23-42-131-134-94(7,8)40-39-80(115)107(10)56(4)92(123)129-78-50-81(116)108(11)72-46-61(47-75(126-12)82(72)97)43-54(2)25-22-32-77(127-13)96(125)51-76(128-93(124)106-96)55(3)85-95(78,9)130-85/h15-19,22,25-29,32-34,36-38,46-47,55-58,64,67-71,76-78,83-85,109-111,125H,14,20-21,23-24,30-31,35,39-45,48-53,98H2,1-13H3,(H,99,114)(H,100,120)(H,101,117)(H,102,119)(H,103,122)(H,104,121)(H,105,118)(H,106,124)/b32-22+,54-25+/t55-,56+,57-,58-,64-,67+,68-,69-,70+,71+,76+,77-,78+,83+,84+,85+,95+,96+/m1/s1. The third-order valence-corrected chi connectivity index (χ3v) is 30.9. The van der Waals surface area contributed by atoms with Gasteiger partial charge in [0.1, 0.15) is 82.7 Å². The van der Waals surface area contributed by atoms with Crippen molar-refractivity contribution in [3.05, 3.63) is 154 Å². The third-order valence-electron chi connectivity index (χ3n) is 24.7. The molecule has 4 aromatic carbocycles. The van der Waals surface area contributed by atoms with Crippen LogP contribution in [-0.4, -0.2) is 255 Å². The van der Waals surface area contributed by atoms with Crippen molar-refractivity contribution >= 4 is 143 Å². The second kappa shape index (κ2) is 50.5. The van der Waals surface area contributed by atoms with Crippen LogP contribution in [0.2, 0.25) is 5.02 Å². The predicted molar refractivity (Wildman–Crippen MR) is 516 cm³/mol. The minimum Gasteiger partial charge on any atom is -0.508 e. The van der Waals surface area contributed by atoms with Crippen LogP contribution in [0.1, 0.15) is 174 Å². The van der Waals surface area contributed by atoms with Crippen LogP contribution in [0.5, 0.6) is 11.5 Å². The van der Waals surface area contributed by atoms with Gasteiger partial charge in [0.25, 0.3) is 0 Å². The lowest BCUT2D eigenvalue weighted by molar-refractivity contribution is -0.162. The molecule has 4 bridgehead atoms. The Kier molecular flexibility index (Phi) is 40.8. The van der Waals surface area contributed by atoms with Gasteiger partial charge in [0, 0.05) is 100.0 Å². The molecule has 33 nitrogen and oxygen atoms in total. The summed E-state index contributed by atoms with van der Waals surface area (Å²) in [5.74, 6) is -10.8. The van der Waals surface area contributed by atoms with Gasteiger partial charge in [-0.2, -0.15) is 0 Å². The Morgan fingerprint density at radius 1 is 0.828 bits per heavy atom. The number of fused-ring (bicyclic) bond motifs is 6. The van der Waals surface area contributed by atoms with E-state index in [2.05, 4.69) is 42.5 Å². The van der Waals surface area contributed by atoms with Crippen LogP contribution in [0.25, 0.3) is 5.57 Å². The first-order valence-electron chi connectivity index (χ1n) is 45.3. The van der Waals surface area contributed by atoms with Crippen LogP contribution < -0.4 is 57.9 Å². The van der Waals surface area contributed by atoms with E-state index in [1.807, 2.05) is 57.2 Å². The van der Waals surface area contributed by atoms with E-state index in [0.717, 1.165) is 43.9 Å². The van der Waals surface area contributed by atoms with Gasteiger partial charge in [0.2, 0.25) is 53.2 Å². The Labute approximate surface area is 803 Å². The molecule has 0 saturated carbocycles. The van der Waals surface area contributed by atoms with E-state index in [1.54, 1.807) is 87.5 Å². The first kappa shape index (κ1) is 108. The molecule has 14 N–H and O–H groups in total. The number of epoxide rings is 1. The zero-order valence-electron chi connectivity index (χ0n) is 78.2. The summed E-state index contributed by atoms with van der Waals surface area (Å²) in [6, 6.07) is 14.2. The van der Waals surface area contributed by atoms with E-state index >= 15 is 14.4 Å². The van der Waals surface area contributed by atoms with Gasteiger partial charge >= 0.3 is 12.1 Å². The Bertz CT molecular complexity index is 4910. The van der Waals surface area contributed by atoms with Crippen LogP contribution in [0.3, 0.4) is 0 Å². The van der Waals surface area contributed by atoms with Crippen molar-refractivity contribution in [1.29, 1.82) is 0 Å². The topological polar surface area (TPSA) is 481 Å². The van der Waals surface area contributed by atoms with E-state index in [1.165, 1.54) is 92.6 Å². The number of nitrogens with two attached hydrogens (primary N) is 1. The number of carbonyl (C=O) groups is 13. The molecule has 732 valence electrons. The number of allylic oxidation sites excluding steroid dienone is 4. The summed E-state index contributed by atoms with van der Waals surface area (Å²) >= 11 is 6.91. The van der Waals surface area contributed by atoms with Crippen molar-refractivity contribution in [2.24, 2.45) is 17.6 Å². The van der Waals surface area contributed by atoms with Crippen LogP contribution in [0.15, 0.2) is 121 Å². The number of aliphatic hydroxyl groups is 3. The minimum atomic E-state index is -1.94. The van der Waals surface area contributed by atoms with Crippen molar-refractivity contribution in [3.63, 3.8) is 0 Å². The maximum absolute atomic E-state index is 15.4. The first-order valence-corrected chi connectivity index (χ1v) is 50.5. The Morgan fingerprint density at radius 3 is 2.21 bits per heavy atom. The summed E-state index contributed by atoms with van der Waals surface area (Å²) < 4.78 is 29.2. The van der Waals surface area contributed by atoms with E-state index < -0.39 is 203 Å². The van der Waals surface area contributed by atoms with Crippen molar-refractivity contribution < 1.29 is 106 Å². The van der Waals surface area contributed by atoms with Gasteiger partial charge in [-0.15, -0.1) is 0 Å². The number of amides is 10. The molecule has 1 aliphatic carbocycles. The highest BCUT2D eigenvalue weighted by atomic mass is 35.5. The molecule has 10 amide bonds. The summed E-state index contributed by atoms with van der Waals surface area (Å²) in [5, 5.41) is 67.0. The fourth-order valence-electron chi connectivity index (χ4n) is 16.5. The van der Waals surface area contributed by atoms with Gasteiger partial charge in [-0.25, -0.2) is 9.59 Å². The van der Waals surface area contributed by atoms with Crippen LogP contribution >= 0.6 is 54.8 Å². The number of anilines is 1. The van der Waals surface area contributed by atoms with Crippen LogP contribution in [-0.2, 0) is 102 Å². The average molecular weight is 1950 g/mol. The van der Waals surface area contributed by atoms with Gasteiger partial charge in [-0.1, -0.05) is 165 Å². The Hall–Kier alpha value is -9.54. The molecule has 9 rings (SSSR count). The Balaban J connectivity index is 0.889. The van der Waals surface area contributed by atoms with E-state index in [-0.39, 0.29) is 93.0 Å². The molecule has 18 atom stereocenters. The number of benzene rings is 4. The molecular formula is C96H130ClN11O22S4. The molecule has 4 heterocycles. The number of aromatic hydroxyl groups is 1. The van der Waals surface area contributed by atoms with Gasteiger partial charge in [0.15, 0.2) is 17.3 Å². The molecule has 38 heteroatoms. The number of unbranched alkanes of at least 4 members (excludes halogenated alkanes) is 1. The predicted octanol–water partition coefficient (Wildman–Crippen LogP) is 8.08. The summed E-state index contributed by atoms with van der Waals surface area (Å²) in [5.41, 5.74) is 8.19. The van der Waals surface area contributed by atoms with Crippen LogP contribution in [0, 0.1) is 11.8 Å². The molecule has 3 saturated heterocycles. The number of nitrogens with one attached hydrogen (secondary N) is 8. The van der Waals surface area contributed by atoms with Crippen molar-refractivity contribution in [2.45, 2.75) is 272 Å². The zero-order chi connectivity index (χ0) is 98.1. The lowest BCUT2D eigenvalue weighted by Crippen LogP contribution is -2.63. The number of carbonyl (C=O) groups excluding carboxylic acids is 13. The summed E-state index contributed by atoms with van der Waals surface area (Å²) in [4.78, 5) is 192. The number of ether oxygens (including phenoxy) is 5. The quantitative estimate of drug-likeness (QED) is 0.00909. The molecule has 0 radical (unpaired) electrons. The van der Waals surface area contributed by atoms with Gasteiger partial charge in [0.05, 0.1) is 43.6 Å². The Morgan fingerprint density at radius 2 is 1.52 bits per heavy atom. The molecule has 0 unspecified atom stereocenters. The fraction of sp³-hybridized carbons (Fsp3) is 0.552. The number of hydrogen-bond donors (Lipinski definition) is 13. The number of Topliss-reactive ketones (excluding diaryl/α,β-unsaturated/α-hetero) is 2. The van der Waals surface area contributed by atoms with Gasteiger partial charge in [-0.05, 0) is 170 Å². The molecule has 5 aliphatic rings. The van der Waals surface area contributed by atoms with Crippen molar-refractivity contribution in [1.82, 2.24) is 47.4 Å². The lowest BCUT2D eigenvalue weighted by Gasteiger charge is -2.42. The zero-order valence-corrected chi connectivity index (χ0v) is 82.2. The molecule has 3 fully saturated rings. The molecule has 4 aliphatic heterocycles. The van der Waals surface area contributed by atoms with Crippen molar-refractivity contribution in [2.75, 3.05) is 57.0 Å². The van der Waals surface area contributed by atoms with E-state index in [4.69, 9.17) is 41.0 Å². The molecule has 0 aromatic heterocycles. The number of alkyl carbamates (subject to hydrolysis) is 1. The highest BCUT2D eigenvalue weighted by Gasteiger charge is 2.65. The maximum Gasteiger partial charge on any atom is 0.409 e. The number of aliphatic hydroxyl groups excluding tert-OH is 2. The highest BCUT2D eigenvalue weighted by molar-refractivity contribution is 8.77. The molecule has 4 aromatic rings. The maximum atomic E-state index is 15.4. The number of hydrogen-bond acceptors (Lipinski definition) is 27. The first-order chi connectivity index (χ1) is 63.6. The lowest BCUT2D eigenvalue weighted by atomic mass is 9.83. The number of phenols is 1. The van der Waals surface area contributed by atoms with Gasteiger partial charge in [-0.3, -0.25) is 58.1 Å². The number of nitrogens with zero attached hydrogens (tertiary/aromatic N) is 2. The second-order valence-corrected chi connectivity index (χ2v) is 41.8. The number of rotatable bonds is 34. The molecular weight excluding hydrogens is 1820 g/mol. The van der Waals surface area contributed by atoms with Gasteiger partial charge < -0.3 is 96.9 Å². The summed E-state index contributed by atoms with van der Waals surface area (Å²) in [6.07, 6.45) is -0.0746. The monoisotopic (exact) mass is 1950 g/mol. The van der Waals surface area contributed by atoms with Crippen molar-refractivity contribution in [3.8, 4) is 11.5 Å². The SMILES string of the molecule is CCCC(=O)N[C@H](Cc1ccccc1)C(=O)N[C@H]1CSSC[C@@H](C(=O)N[C@H](C(=O)CCCSSC(C)(C)CCC(=O)N(C)[C@@H](C)C(=O)O[C@H]2CC(=O)N(C)c3cc(cc(OC)c3Cl)C/C(C)=C/C=C/[C@@H](OC)[C@@]3(O)C[C@H](OC(=O)N3)[C@@H](C)[C@@H]3O[C@@]23C)[C@@H](C)O)NC(=O)[C@H]([C@@H](C)O)NC(=O)[C@H](CCCCN)NC(=O)[C@@H](CC2=CCc3ccccc32)NC(=O)[C@H](Cc2ccc(O)cc2)CC1=O. The summed E-state index contributed by atoms with van der Waals surface area (Å²) in [7, 11) is 10.6. The number of likely N-dealkylation sites (N-methyl/N-ethyl adjacent to an activating group) is 1. The largest absolute Gasteiger partial charge is 0.508 e. The fourth-order valence-corrected chi connectivity index (χ4v) is 21.8. The number of methoxy groups -OCH3 is 2. The van der Waals surface area contributed by atoms with Crippen LogP contribution in [0.4, 0.5) is 10.5 Å². The second-order valence-electron chi connectivity index (χ2n) is 35.8. The molecule has 0 spiro atoms. The molecule has 134 heavy (non-hydrogen) atoms. The number of halogens is 1. The number of esters is 1. The average Bonchev–Trinajstić information content (AvgIpc) is 1.57. The normalized spacial score (nSPS) is 25.9. The highest BCUT2D eigenvalue weighted by Crippen LogP contribution is 2.50.